The van der Waals surface area contributed by atoms with Gasteiger partial charge in [-0.15, -0.1) is 0 Å². The van der Waals surface area contributed by atoms with Gasteiger partial charge in [-0.25, -0.2) is 4.98 Å². The number of pyridine rings is 1. The first-order chi connectivity index (χ1) is 18.9. The summed E-state index contributed by atoms with van der Waals surface area (Å²) in [5, 5.41) is 20.4. The van der Waals surface area contributed by atoms with Crippen molar-refractivity contribution in [3.8, 4) is 29.2 Å². The van der Waals surface area contributed by atoms with Gasteiger partial charge in [0.2, 0.25) is 18.6 Å². The molecule has 1 amide bonds. The molecule has 0 N–H and O–H groups in total. The van der Waals surface area contributed by atoms with Crippen molar-refractivity contribution in [3.05, 3.63) is 76.0 Å². The van der Waals surface area contributed by atoms with Gasteiger partial charge in [-0.1, -0.05) is 6.07 Å². The first-order valence-corrected chi connectivity index (χ1v) is 12.3. The van der Waals surface area contributed by atoms with E-state index >= 15 is 0 Å². The van der Waals surface area contributed by atoms with Gasteiger partial charge in [0.15, 0.2) is 11.5 Å². The molecule has 0 saturated carbocycles. The molecule has 2 aromatic carbocycles. The number of aromatic nitrogens is 1. The van der Waals surface area contributed by atoms with Crippen LogP contribution in [0.3, 0.4) is 0 Å². The van der Waals surface area contributed by atoms with Gasteiger partial charge in [-0.2, -0.15) is 5.26 Å². The molecular formula is C27H26N6O6. The number of rotatable bonds is 8. The number of benzene rings is 2. The van der Waals surface area contributed by atoms with Crippen molar-refractivity contribution in [2.24, 2.45) is 0 Å². The number of anilines is 1. The lowest BCUT2D eigenvalue weighted by atomic mass is 10.1. The largest absolute Gasteiger partial charge is 0.454 e. The van der Waals surface area contributed by atoms with Crippen LogP contribution < -0.4 is 19.1 Å². The summed E-state index contributed by atoms with van der Waals surface area (Å²) in [7, 11) is 1.79. The molecule has 12 nitrogen and oxygen atoms in total. The average molecular weight is 531 g/mol. The minimum Gasteiger partial charge on any atom is -0.454 e. The summed E-state index contributed by atoms with van der Waals surface area (Å²) in [6.45, 7) is 4.00. The molecule has 3 aromatic rings. The first-order valence-electron chi connectivity index (χ1n) is 12.3. The molecule has 0 bridgehead atoms. The number of carbonyl (C=O) groups excluding carboxylic acids is 1. The Bertz CT molecular complexity index is 1420. The molecule has 0 radical (unpaired) electrons. The van der Waals surface area contributed by atoms with E-state index in [0.717, 1.165) is 42.9 Å². The minimum absolute atomic E-state index is 0.00847. The third-order valence-corrected chi connectivity index (χ3v) is 6.61. The molecule has 3 heterocycles. The normalized spacial score (nSPS) is 14.5. The molecule has 5 rings (SSSR count). The molecule has 200 valence electrons. The number of hydrogen-bond acceptors (Lipinski definition) is 10. The number of nitriles is 1. The van der Waals surface area contributed by atoms with Crippen LogP contribution in [-0.2, 0) is 11.3 Å². The van der Waals surface area contributed by atoms with Crippen molar-refractivity contribution in [2.75, 3.05) is 51.5 Å². The number of hydrogen-bond donors (Lipinski definition) is 0. The number of fused-ring (bicyclic) bond motifs is 1. The maximum atomic E-state index is 13.0. The number of carbonyl (C=O) groups is 1. The lowest BCUT2D eigenvalue weighted by molar-refractivity contribution is -0.385. The number of nitro groups is 1. The summed E-state index contributed by atoms with van der Waals surface area (Å²) in [4.78, 5) is 33.1. The van der Waals surface area contributed by atoms with Gasteiger partial charge in [0.1, 0.15) is 18.0 Å². The van der Waals surface area contributed by atoms with Crippen LogP contribution in [0.2, 0.25) is 0 Å². The smallest absolute Gasteiger partial charge is 0.287 e. The van der Waals surface area contributed by atoms with Gasteiger partial charge in [0.05, 0.1) is 17.0 Å². The van der Waals surface area contributed by atoms with E-state index in [2.05, 4.69) is 16.0 Å². The second-order valence-electron chi connectivity index (χ2n) is 9.21. The average Bonchev–Trinajstić information content (AvgIpc) is 3.42. The zero-order valence-electron chi connectivity index (χ0n) is 21.3. The number of ether oxygens (including phenoxy) is 3. The molecule has 39 heavy (non-hydrogen) atoms. The van der Waals surface area contributed by atoms with Crippen LogP contribution >= 0.6 is 0 Å². The summed E-state index contributed by atoms with van der Waals surface area (Å²) in [5.41, 5.74) is 1.92. The summed E-state index contributed by atoms with van der Waals surface area (Å²) in [6, 6.07) is 15.7. The van der Waals surface area contributed by atoms with Crippen LogP contribution in [0.25, 0.3) is 0 Å². The van der Waals surface area contributed by atoms with Gasteiger partial charge < -0.3 is 24.0 Å². The van der Waals surface area contributed by atoms with E-state index in [1.54, 1.807) is 30.1 Å². The highest BCUT2D eigenvalue weighted by Gasteiger charge is 2.23. The molecule has 0 atom stereocenters. The predicted octanol–water partition coefficient (Wildman–Crippen LogP) is 3.16. The molecule has 2 aliphatic rings. The Morgan fingerprint density at radius 1 is 1.13 bits per heavy atom. The molecule has 0 unspecified atom stereocenters. The van der Waals surface area contributed by atoms with Crippen LogP contribution in [0, 0.1) is 21.4 Å². The monoisotopic (exact) mass is 530 g/mol. The second kappa shape index (κ2) is 11.2. The van der Waals surface area contributed by atoms with E-state index in [1.807, 2.05) is 23.1 Å². The number of amides is 1. The summed E-state index contributed by atoms with van der Waals surface area (Å²) in [5.74, 6) is 1.94. The highest BCUT2D eigenvalue weighted by atomic mass is 16.7. The van der Waals surface area contributed by atoms with Crippen molar-refractivity contribution in [2.45, 2.75) is 6.54 Å². The fourth-order valence-corrected chi connectivity index (χ4v) is 4.43. The quantitative estimate of drug-likeness (QED) is 0.316. The fourth-order valence-electron chi connectivity index (χ4n) is 4.43. The number of likely N-dealkylation sites (N-methyl/N-ethyl adjacent to an activating group) is 1. The first kappa shape index (κ1) is 25.7. The lowest BCUT2D eigenvalue weighted by Gasteiger charge is -2.35. The Labute approximate surface area is 224 Å². The highest BCUT2D eigenvalue weighted by Crippen LogP contribution is 2.33. The third-order valence-electron chi connectivity index (χ3n) is 6.61. The van der Waals surface area contributed by atoms with Gasteiger partial charge in [-0.05, 0) is 35.9 Å². The van der Waals surface area contributed by atoms with E-state index < -0.39 is 4.92 Å². The van der Waals surface area contributed by atoms with Crippen molar-refractivity contribution < 1.29 is 23.9 Å². The Balaban J connectivity index is 1.14. The molecule has 2 aliphatic heterocycles. The molecule has 0 spiro atoms. The molecule has 1 fully saturated rings. The Morgan fingerprint density at radius 3 is 2.64 bits per heavy atom. The van der Waals surface area contributed by atoms with Gasteiger partial charge in [-0.3, -0.25) is 19.8 Å². The highest BCUT2D eigenvalue weighted by molar-refractivity contribution is 5.81. The van der Waals surface area contributed by atoms with E-state index in [0.29, 0.717) is 18.8 Å². The summed E-state index contributed by atoms with van der Waals surface area (Å²) in [6.07, 6.45) is 1.09. The fraction of sp³-hybridized carbons (Fsp3) is 0.296. The van der Waals surface area contributed by atoms with Crippen LogP contribution in [0.1, 0.15) is 11.1 Å². The van der Waals surface area contributed by atoms with Gasteiger partial charge >= 0.3 is 0 Å². The zero-order valence-corrected chi connectivity index (χ0v) is 21.3. The lowest BCUT2D eigenvalue weighted by Crippen LogP contribution is -2.50. The Hall–Kier alpha value is -4.89. The Morgan fingerprint density at radius 2 is 1.92 bits per heavy atom. The molecule has 1 aromatic heterocycles. The van der Waals surface area contributed by atoms with Gasteiger partial charge in [0, 0.05) is 57.6 Å². The van der Waals surface area contributed by atoms with E-state index in [4.69, 9.17) is 14.2 Å². The number of nitrogens with zero attached hydrogens (tertiary/aromatic N) is 6. The zero-order chi connectivity index (χ0) is 27.4. The van der Waals surface area contributed by atoms with Crippen molar-refractivity contribution in [1.29, 1.82) is 5.26 Å². The van der Waals surface area contributed by atoms with Gasteiger partial charge in [0.25, 0.3) is 5.69 Å². The molecule has 1 saturated heterocycles. The summed E-state index contributed by atoms with van der Waals surface area (Å²) < 4.78 is 16.5. The third kappa shape index (κ3) is 6.00. The maximum Gasteiger partial charge on any atom is 0.287 e. The van der Waals surface area contributed by atoms with E-state index in [-0.39, 0.29) is 42.1 Å². The summed E-state index contributed by atoms with van der Waals surface area (Å²) >= 11 is 0. The minimum atomic E-state index is -0.551. The molecule has 0 aliphatic carbocycles. The second-order valence-corrected chi connectivity index (χ2v) is 9.21. The molecular weight excluding hydrogens is 504 g/mol. The van der Waals surface area contributed by atoms with Crippen molar-refractivity contribution in [3.63, 3.8) is 0 Å². The SMILES string of the molecule is CN(CC(=O)N1CCN(Cc2ccc3c(c2)OCO3)CC1)c1ccc(Oc2ccc([N+](=O)[O-])cn2)c(C#N)c1. The van der Waals surface area contributed by atoms with E-state index in [1.165, 1.54) is 12.1 Å². The van der Waals surface area contributed by atoms with Crippen molar-refractivity contribution in [1.82, 2.24) is 14.8 Å². The maximum absolute atomic E-state index is 13.0. The van der Waals surface area contributed by atoms with Crippen LogP contribution in [0.15, 0.2) is 54.7 Å². The standard InChI is InChI=1S/C27H26N6O6/c1-30(21-3-6-23(20(13-21)14-28)39-26-7-4-22(15-29-26)33(35)36)17-27(34)32-10-8-31(9-11-32)16-19-2-5-24-25(12-19)38-18-37-24/h2-7,12-13,15H,8-11,16-18H2,1H3. The number of piperazine rings is 1. The van der Waals surface area contributed by atoms with E-state index in [9.17, 15) is 20.2 Å². The van der Waals surface area contributed by atoms with Crippen LogP contribution in [0.5, 0.6) is 23.1 Å². The Kier molecular flexibility index (Phi) is 7.42. The van der Waals surface area contributed by atoms with Crippen LogP contribution in [0.4, 0.5) is 11.4 Å². The predicted molar refractivity (Wildman–Crippen MR) is 140 cm³/mol. The van der Waals surface area contributed by atoms with Crippen molar-refractivity contribution >= 4 is 17.3 Å². The van der Waals surface area contributed by atoms with Crippen LogP contribution in [-0.4, -0.2) is 72.2 Å². The topological polar surface area (TPSA) is 134 Å². The molecule has 12 heteroatoms.